The molecule has 3 rings (SSSR count). The SMILES string of the molecule is CC(C)CN1C(=O)c2ccc(C(=O)Nc3cccc(O)c3)cc2C1=O. The van der Waals surface area contributed by atoms with E-state index in [1.54, 1.807) is 12.1 Å². The van der Waals surface area contributed by atoms with Crippen LogP contribution in [0, 0.1) is 5.92 Å². The van der Waals surface area contributed by atoms with E-state index in [2.05, 4.69) is 5.32 Å². The van der Waals surface area contributed by atoms with Gasteiger partial charge in [0.25, 0.3) is 17.7 Å². The maximum Gasteiger partial charge on any atom is 0.261 e. The molecule has 0 aromatic heterocycles. The normalized spacial score (nSPS) is 13.3. The van der Waals surface area contributed by atoms with E-state index in [1.165, 1.54) is 35.2 Å². The van der Waals surface area contributed by atoms with Crippen LogP contribution in [0.5, 0.6) is 5.75 Å². The summed E-state index contributed by atoms with van der Waals surface area (Å²) >= 11 is 0. The third kappa shape index (κ3) is 3.24. The molecule has 128 valence electrons. The Morgan fingerprint density at radius 1 is 1.08 bits per heavy atom. The lowest BCUT2D eigenvalue weighted by Crippen LogP contribution is -2.33. The highest BCUT2D eigenvalue weighted by molar-refractivity contribution is 6.22. The summed E-state index contributed by atoms with van der Waals surface area (Å²) in [5.41, 5.74) is 1.28. The number of fused-ring (bicyclic) bond motifs is 1. The Kier molecular flexibility index (Phi) is 4.27. The van der Waals surface area contributed by atoms with Crippen molar-refractivity contribution in [2.24, 2.45) is 5.92 Å². The largest absolute Gasteiger partial charge is 0.508 e. The molecule has 25 heavy (non-hydrogen) atoms. The van der Waals surface area contributed by atoms with Crippen LogP contribution in [-0.2, 0) is 0 Å². The number of carbonyl (C=O) groups excluding carboxylic acids is 3. The monoisotopic (exact) mass is 338 g/mol. The fraction of sp³-hybridized carbons (Fsp3) is 0.211. The molecule has 1 aliphatic rings. The molecule has 0 aliphatic carbocycles. The first kappa shape index (κ1) is 16.7. The fourth-order valence-electron chi connectivity index (χ4n) is 2.75. The fourth-order valence-corrected chi connectivity index (χ4v) is 2.75. The van der Waals surface area contributed by atoms with Gasteiger partial charge in [0, 0.05) is 23.9 Å². The Morgan fingerprint density at radius 2 is 1.80 bits per heavy atom. The summed E-state index contributed by atoms with van der Waals surface area (Å²) in [5, 5.41) is 12.1. The van der Waals surface area contributed by atoms with E-state index in [-0.39, 0.29) is 34.6 Å². The first-order valence-electron chi connectivity index (χ1n) is 7.97. The summed E-state index contributed by atoms with van der Waals surface area (Å²) in [4.78, 5) is 38.4. The molecule has 0 saturated heterocycles. The van der Waals surface area contributed by atoms with Crippen LogP contribution in [0.4, 0.5) is 5.69 Å². The number of imide groups is 1. The number of aromatic hydroxyl groups is 1. The topological polar surface area (TPSA) is 86.7 Å². The van der Waals surface area contributed by atoms with Crippen LogP contribution in [0.1, 0.15) is 44.9 Å². The number of anilines is 1. The number of carbonyl (C=O) groups is 3. The molecule has 2 aromatic rings. The van der Waals surface area contributed by atoms with Gasteiger partial charge in [-0.15, -0.1) is 0 Å². The van der Waals surface area contributed by atoms with Gasteiger partial charge in [-0.2, -0.15) is 0 Å². The molecule has 2 N–H and O–H groups in total. The molecule has 0 spiro atoms. The molecule has 1 heterocycles. The van der Waals surface area contributed by atoms with Crippen molar-refractivity contribution in [3.05, 3.63) is 59.2 Å². The minimum absolute atomic E-state index is 0.0388. The number of phenolic OH excluding ortho intramolecular Hbond substituents is 1. The predicted octanol–water partition coefficient (Wildman–Crippen LogP) is 2.90. The second-order valence-corrected chi connectivity index (χ2v) is 6.38. The van der Waals surface area contributed by atoms with E-state index >= 15 is 0 Å². The minimum atomic E-state index is -0.420. The average Bonchev–Trinajstić information content (AvgIpc) is 2.79. The van der Waals surface area contributed by atoms with Gasteiger partial charge in [-0.25, -0.2) is 0 Å². The van der Waals surface area contributed by atoms with Crippen LogP contribution in [0.3, 0.4) is 0 Å². The third-order valence-corrected chi connectivity index (χ3v) is 3.88. The van der Waals surface area contributed by atoms with Crippen molar-refractivity contribution in [1.82, 2.24) is 4.90 Å². The number of nitrogens with one attached hydrogen (secondary N) is 1. The zero-order chi connectivity index (χ0) is 18.1. The van der Waals surface area contributed by atoms with E-state index in [9.17, 15) is 19.5 Å². The van der Waals surface area contributed by atoms with Crippen molar-refractivity contribution in [2.75, 3.05) is 11.9 Å². The maximum absolute atomic E-state index is 12.5. The third-order valence-electron chi connectivity index (χ3n) is 3.88. The molecule has 0 bridgehead atoms. The van der Waals surface area contributed by atoms with E-state index in [0.29, 0.717) is 17.8 Å². The minimum Gasteiger partial charge on any atom is -0.508 e. The van der Waals surface area contributed by atoms with Crippen LogP contribution in [0.2, 0.25) is 0 Å². The number of hydrogen-bond donors (Lipinski definition) is 2. The van der Waals surface area contributed by atoms with Crippen molar-refractivity contribution in [3.8, 4) is 5.75 Å². The predicted molar refractivity (Wildman–Crippen MR) is 92.7 cm³/mol. The molecule has 6 nitrogen and oxygen atoms in total. The number of nitrogens with zero attached hydrogens (tertiary/aromatic N) is 1. The summed E-state index contributed by atoms with van der Waals surface area (Å²) in [6.07, 6.45) is 0. The summed E-state index contributed by atoms with van der Waals surface area (Å²) in [5.74, 6) is -0.919. The van der Waals surface area contributed by atoms with Gasteiger partial charge in [-0.1, -0.05) is 19.9 Å². The molecule has 6 heteroatoms. The summed E-state index contributed by atoms with van der Waals surface area (Å²) in [6.45, 7) is 4.20. The van der Waals surface area contributed by atoms with Gasteiger partial charge in [-0.05, 0) is 36.2 Å². The van der Waals surface area contributed by atoms with E-state index in [1.807, 2.05) is 13.8 Å². The smallest absolute Gasteiger partial charge is 0.261 e. The van der Waals surface area contributed by atoms with Crippen LogP contribution < -0.4 is 5.32 Å². The molecule has 0 radical (unpaired) electrons. The van der Waals surface area contributed by atoms with Crippen molar-refractivity contribution in [1.29, 1.82) is 0 Å². The zero-order valence-corrected chi connectivity index (χ0v) is 13.9. The number of rotatable bonds is 4. The quantitative estimate of drug-likeness (QED) is 0.839. The number of amides is 3. The Bertz CT molecular complexity index is 873. The van der Waals surface area contributed by atoms with Crippen molar-refractivity contribution < 1.29 is 19.5 Å². The molecule has 1 aliphatic heterocycles. The van der Waals surface area contributed by atoms with Gasteiger partial charge in [0.05, 0.1) is 11.1 Å². The summed E-state index contributed by atoms with van der Waals surface area (Å²) in [7, 11) is 0. The molecule has 0 fully saturated rings. The van der Waals surface area contributed by atoms with Crippen molar-refractivity contribution in [3.63, 3.8) is 0 Å². The van der Waals surface area contributed by atoms with Gasteiger partial charge in [0.2, 0.25) is 0 Å². The van der Waals surface area contributed by atoms with Gasteiger partial charge < -0.3 is 10.4 Å². The Balaban J connectivity index is 1.85. The number of phenols is 1. The molecule has 0 saturated carbocycles. The highest BCUT2D eigenvalue weighted by atomic mass is 16.3. The number of benzene rings is 2. The maximum atomic E-state index is 12.5. The van der Waals surface area contributed by atoms with E-state index < -0.39 is 5.91 Å². The molecule has 0 unspecified atom stereocenters. The Morgan fingerprint density at radius 3 is 2.48 bits per heavy atom. The summed E-state index contributed by atoms with van der Waals surface area (Å²) in [6, 6.07) is 10.6. The summed E-state index contributed by atoms with van der Waals surface area (Å²) < 4.78 is 0. The number of hydrogen-bond acceptors (Lipinski definition) is 4. The van der Waals surface area contributed by atoms with Crippen LogP contribution >= 0.6 is 0 Å². The molecule has 2 aromatic carbocycles. The molecule has 3 amide bonds. The van der Waals surface area contributed by atoms with Gasteiger partial charge in [0.15, 0.2) is 0 Å². The molecule has 0 atom stereocenters. The lowest BCUT2D eigenvalue weighted by molar-refractivity contribution is 0.0636. The first-order valence-corrected chi connectivity index (χ1v) is 7.97. The van der Waals surface area contributed by atoms with Crippen molar-refractivity contribution in [2.45, 2.75) is 13.8 Å². The van der Waals surface area contributed by atoms with Gasteiger partial charge >= 0.3 is 0 Å². The standard InChI is InChI=1S/C19H18N2O4/c1-11(2)10-21-18(24)15-7-6-12(8-16(15)19(21)25)17(23)20-13-4-3-5-14(22)9-13/h3-9,11,22H,10H2,1-2H3,(H,20,23). The van der Waals surface area contributed by atoms with Crippen LogP contribution in [-0.4, -0.2) is 34.3 Å². The molecular formula is C19H18N2O4. The van der Waals surface area contributed by atoms with Gasteiger partial charge in [-0.3, -0.25) is 19.3 Å². The Labute approximate surface area is 145 Å². The second kappa shape index (κ2) is 6.39. The molecular weight excluding hydrogens is 320 g/mol. The van der Waals surface area contributed by atoms with E-state index in [4.69, 9.17) is 0 Å². The van der Waals surface area contributed by atoms with Crippen LogP contribution in [0.25, 0.3) is 0 Å². The lowest BCUT2D eigenvalue weighted by atomic mass is 10.1. The van der Waals surface area contributed by atoms with Gasteiger partial charge in [0.1, 0.15) is 5.75 Å². The zero-order valence-electron chi connectivity index (χ0n) is 13.9. The highest BCUT2D eigenvalue weighted by Crippen LogP contribution is 2.25. The van der Waals surface area contributed by atoms with Crippen molar-refractivity contribution >= 4 is 23.4 Å². The Hall–Kier alpha value is -3.15. The average molecular weight is 338 g/mol. The highest BCUT2D eigenvalue weighted by Gasteiger charge is 2.36. The lowest BCUT2D eigenvalue weighted by Gasteiger charge is -2.15. The van der Waals surface area contributed by atoms with E-state index in [0.717, 1.165) is 0 Å². The van der Waals surface area contributed by atoms with Crippen LogP contribution in [0.15, 0.2) is 42.5 Å². The second-order valence-electron chi connectivity index (χ2n) is 6.38. The first-order chi connectivity index (χ1) is 11.9.